The molecular formula is C24H31N3O4. The lowest BCUT2D eigenvalue weighted by molar-refractivity contribution is 0.0322. The highest BCUT2D eigenvalue weighted by Gasteiger charge is 2.23. The van der Waals surface area contributed by atoms with Crippen LogP contribution in [0.5, 0.6) is 5.75 Å². The van der Waals surface area contributed by atoms with Crippen LogP contribution >= 0.6 is 0 Å². The third kappa shape index (κ3) is 6.50. The summed E-state index contributed by atoms with van der Waals surface area (Å²) < 4.78 is 11.3. The van der Waals surface area contributed by atoms with Crippen molar-refractivity contribution in [2.75, 3.05) is 52.5 Å². The van der Waals surface area contributed by atoms with Crippen molar-refractivity contribution in [1.29, 1.82) is 0 Å². The number of rotatable bonds is 9. The Balaban J connectivity index is 1.20. The molecule has 1 unspecified atom stereocenters. The summed E-state index contributed by atoms with van der Waals surface area (Å²) in [5.41, 5.74) is 2.56. The maximum atomic E-state index is 11.1. The number of carboxylic acids is 1. The van der Waals surface area contributed by atoms with Gasteiger partial charge in [-0.25, -0.2) is 4.79 Å². The van der Waals surface area contributed by atoms with Gasteiger partial charge in [-0.05, 0) is 54.6 Å². The molecule has 1 N–H and O–H groups in total. The van der Waals surface area contributed by atoms with Crippen molar-refractivity contribution in [3.8, 4) is 5.75 Å². The molecule has 1 aromatic heterocycles. The van der Waals surface area contributed by atoms with E-state index in [1.54, 1.807) is 12.3 Å². The molecule has 1 atom stereocenters. The number of nitrogens with zero attached hydrogens (tertiary/aromatic N) is 3. The van der Waals surface area contributed by atoms with E-state index in [9.17, 15) is 4.79 Å². The normalized spacial score (nSPS) is 20.1. The number of carboxylic acid groups (broad SMARTS) is 1. The van der Waals surface area contributed by atoms with E-state index in [4.69, 9.17) is 14.6 Å². The Labute approximate surface area is 183 Å². The number of carbonyl (C=O) groups is 1. The zero-order valence-corrected chi connectivity index (χ0v) is 17.9. The lowest BCUT2D eigenvalue weighted by atomic mass is 9.99. The Morgan fingerprint density at radius 2 is 1.90 bits per heavy atom. The minimum atomic E-state index is -0.920. The number of hydrogen-bond donors (Lipinski definition) is 1. The second kappa shape index (κ2) is 10.7. The Morgan fingerprint density at radius 1 is 1.10 bits per heavy atom. The molecule has 2 aliphatic heterocycles. The Hall–Kier alpha value is -2.48. The summed E-state index contributed by atoms with van der Waals surface area (Å²) in [6.07, 6.45) is 5.19. The molecule has 0 spiro atoms. The van der Waals surface area contributed by atoms with Crippen molar-refractivity contribution >= 4 is 5.97 Å². The van der Waals surface area contributed by atoms with Crippen LogP contribution in [-0.4, -0.2) is 78.4 Å². The predicted molar refractivity (Wildman–Crippen MR) is 117 cm³/mol. The van der Waals surface area contributed by atoms with E-state index < -0.39 is 5.97 Å². The van der Waals surface area contributed by atoms with E-state index >= 15 is 0 Å². The molecule has 0 radical (unpaired) electrons. The van der Waals surface area contributed by atoms with Gasteiger partial charge in [0.2, 0.25) is 0 Å². The zero-order chi connectivity index (χ0) is 21.5. The molecule has 0 bridgehead atoms. The molecule has 2 fully saturated rings. The maximum absolute atomic E-state index is 11.1. The molecule has 4 rings (SSSR count). The van der Waals surface area contributed by atoms with Crippen LogP contribution < -0.4 is 4.74 Å². The molecule has 7 heteroatoms. The molecule has 0 aliphatic carbocycles. The highest BCUT2D eigenvalue weighted by atomic mass is 16.5. The van der Waals surface area contributed by atoms with Crippen LogP contribution in [0.4, 0.5) is 0 Å². The third-order valence-corrected chi connectivity index (χ3v) is 6.05. The van der Waals surface area contributed by atoms with E-state index in [1.165, 1.54) is 11.8 Å². The molecule has 2 saturated heterocycles. The van der Waals surface area contributed by atoms with Crippen LogP contribution in [0.2, 0.25) is 0 Å². The van der Waals surface area contributed by atoms with Gasteiger partial charge in [0, 0.05) is 45.1 Å². The van der Waals surface area contributed by atoms with Crippen molar-refractivity contribution in [3.63, 3.8) is 0 Å². The van der Waals surface area contributed by atoms with Crippen LogP contribution in [0, 0.1) is 5.92 Å². The van der Waals surface area contributed by atoms with Crippen LogP contribution in [0.15, 0.2) is 42.7 Å². The summed E-state index contributed by atoms with van der Waals surface area (Å²) in [5.74, 6) is 0.534. The molecule has 31 heavy (non-hydrogen) atoms. The number of pyridine rings is 1. The molecule has 1 aromatic carbocycles. The molecule has 166 valence electrons. The molecule has 3 heterocycles. The SMILES string of the molecule is O=C(O)c1cncc(CC2CCN(Cc3ccc(OCCN4CCOCC4)cc3)C2)c1. The van der Waals surface area contributed by atoms with Gasteiger partial charge in [0.05, 0.1) is 18.8 Å². The zero-order valence-electron chi connectivity index (χ0n) is 17.9. The molecule has 2 aliphatic rings. The fourth-order valence-corrected chi connectivity index (χ4v) is 4.34. The van der Waals surface area contributed by atoms with Gasteiger partial charge < -0.3 is 14.6 Å². The van der Waals surface area contributed by atoms with Crippen molar-refractivity contribution in [3.05, 3.63) is 59.4 Å². The van der Waals surface area contributed by atoms with E-state index in [2.05, 4.69) is 39.0 Å². The molecular weight excluding hydrogens is 394 g/mol. The maximum Gasteiger partial charge on any atom is 0.337 e. The van der Waals surface area contributed by atoms with Crippen LogP contribution in [0.25, 0.3) is 0 Å². The average Bonchev–Trinajstić information content (AvgIpc) is 3.22. The first-order valence-electron chi connectivity index (χ1n) is 11.1. The van der Waals surface area contributed by atoms with E-state index in [0.717, 1.165) is 76.6 Å². The Morgan fingerprint density at radius 3 is 2.68 bits per heavy atom. The Bertz CT molecular complexity index is 852. The van der Waals surface area contributed by atoms with Gasteiger partial charge in [-0.3, -0.25) is 14.8 Å². The number of likely N-dealkylation sites (tertiary alicyclic amines) is 1. The highest BCUT2D eigenvalue weighted by Crippen LogP contribution is 2.23. The number of ether oxygens (including phenoxy) is 2. The van der Waals surface area contributed by atoms with Crippen molar-refractivity contribution in [1.82, 2.24) is 14.8 Å². The second-order valence-electron chi connectivity index (χ2n) is 8.43. The van der Waals surface area contributed by atoms with Gasteiger partial charge in [0.15, 0.2) is 0 Å². The van der Waals surface area contributed by atoms with Crippen molar-refractivity contribution in [2.24, 2.45) is 5.92 Å². The summed E-state index contributed by atoms with van der Waals surface area (Å²) in [5, 5.41) is 9.14. The summed E-state index contributed by atoms with van der Waals surface area (Å²) in [6, 6.07) is 10.2. The minimum absolute atomic E-state index is 0.264. The Kier molecular flexibility index (Phi) is 7.51. The lowest BCUT2D eigenvalue weighted by Crippen LogP contribution is -2.38. The smallest absolute Gasteiger partial charge is 0.337 e. The summed E-state index contributed by atoms with van der Waals surface area (Å²) in [6.45, 7) is 8.26. The summed E-state index contributed by atoms with van der Waals surface area (Å²) in [7, 11) is 0. The quantitative estimate of drug-likeness (QED) is 0.662. The van der Waals surface area contributed by atoms with Crippen molar-refractivity contribution in [2.45, 2.75) is 19.4 Å². The van der Waals surface area contributed by atoms with Gasteiger partial charge >= 0.3 is 5.97 Å². The monoisotopic (exact) mass is 425 g/mol. The number of benzene rings is 1. The first-order chi connectivity index (χ1) is 15.2. The standard InChI is InChI=1S/C24H31N3O4/c28-24(29)22-14-21(15-25-16-22)13-20-5-6-27(18-20)17-19-1-3-23(4-2-19)31-12-9-26-7-10-30-11-8-26/h1-4,14-16,20H,5-13,17-18H2,(H,28,29). The molecule has 0 saturated carbocycles. The predicted octanol–water partition coefficient (Wildman–Crippen LogP) is 2.56. The number of hydrogen-bond acceptors (Lipinski definition) is 6. The van der Waals surface area contributed by atoms with Gasteiger partial charge in [0.25, 0.3) is 0 Å². The largest absolute Gasteiger partial charge is 0.492 e. The first-order valence-corrected chi connectivity index (χ1v) is 11.1. The highest BCUT2D eigenvalue weighted by molar-refractivity contribution is 5.87. The van der Waals surface area contributed by atoms with Crippen LogP contribution in [0.1, 0.15) is 27.9 Å². The summed E-state index contributed by atoms with van der Waals surface area (Å²) in [4.78, 5) is 20.0. The molecule has 0 amide bonds. The van der Waals surface area contributed by atoms with E-state index in [-0.39, 0.29) is 5.56 Å². The van der Waals surface area contributed by atoms with Gasteiger partial charge in [-0.1, -0.05) is 12.1 Å². The van der Waals surface area contributed by atoms with Crippen LogP contribution in [0.3, 0.4) is 0 Å². The topological polar surface area (TPSA) is 75.1 Å². The lowest BCUT2D eigenvalue weighted by Gasteiger charge is -2.26. The second-order valence-corrected chi connectivity index (χ2v) is 8.43. The van der Waals surface area contributed by atoms with Gasteiger partial charge in [0.1, 0.15) is 12.4 Å². The average molecular weight is 426 g/mol. The summed E-state index contributed by atoms with van der Waals surface area (Å²) >= 11 is 0. The van der Waals surface area contributed by atoms with Crippen molar-refractivity contribution < 1.29 is 19.4 Å². The van der Waals surface area contributed by atoms with Crippen LogP contribution in [-0.2, 0) is 17.7 Å². The molecule has 7 nitrogen and oxygen atoms in total. The third-order valence-electron chi connectivity index (χ3n) is 6.05. The molecule has 2 aromatic rings. The van der Waals surface area contributed by atoms with Gasteiger partial charge in [-0.2, -0.15) is 0 Å². The fourth-order valence-electron chi connectivity index (χ4n) is 4.34. The van der Waals surface area contributed by atoms with E-state index in [1.807, 2.05) is 0 Å². The number of morpholine rings is 1. The van der Waals surface area contributed by atoms with E-state index in [0.29, 0.717) is 12.5 Å². The first kappa shape index (κ1) is 21.7. The number of aromatic carboxylic acids is 1. The number of aromatic nitrogens is 1. The minimum Gasteiger partial charge on any atom is -0.492 e. The van der Waals surface area contributed by atoms with Gasteiger partial charge in [-0.15, -0.1) is 0 Å². The fraction of sp³-hybridized carbons (Fsp3) is 0.500.